The monoisotopic (exact) mass is 414 g/mol. The number of nitrogen functional groups attached to an aromatic ring is 1. The van der Waals surface area contributed by atoms with Crippen LogP contribution in [0, 0.1) is 24.6 Å². The molecule has 3 N–H and O–H groups in total. The third-order valence-corrected chi connectivity index (χ3v) is 5.51. The van der Waals surface area contributed by atoms with E-state index in [-0.39, 0.29) is 12.5 Å². The average molecular weight is 414 g/mol. The molecule has 0 heterocycles. The van der Waals surface area contributed by atoms with E-state index in [2.05, 4.69) is 41.4 Å². The first-order valence-corrected chi connectivity index (χ1v) is 10.2. The Kier molecular flexibility index (Phi) is 5.90. The van der Waals surface area contributed by atoms with Crippen LogP contribution < -0.4 is 11.1 Å². The summed E-state index contributed by atoms with van der Waals surface area (Å²) < 4.78 is 19.6. The highest BCUT2D eigenvalue weighted by molar-refractivity contribution is 5.79. The summed E-state index contributed by atoms with van der Waals surface area (Å²) in [5.41, 5.74) is 11.5. The third kappa shape index (κ3) is 4.24. The molecule has 0 bridgehead atoms. The Labute approximate surface area is 181 Å². The van der Waals surface area contributed by atoms with Crippen LogP contribution in [0.15, 0.2) is 60.7 Å². The van der Waals surface area contributed by atoms with Crippen LogP contribution in [-0.4, -0.2) is 19.2 Å². The Morgan fingerprint density at radius 2 is 1.71 bits per heavy atom. The number of benzene rings is 3. The Bertz CT molecular complexity index is 1150. The Hall–Kier alpha value is -3.78. The van der Waals surface area contributed by atoms with E-state index in [9.17, 15) is 9.18 Å². The number of ether oxygens (including phenoxy) is 1. The van der Waals surface area contributed by atoms with Crippen LogP contribution in [0.5, 0.6) is 0 Å². The molecule has 5 heteroatoms. The van der Waals surface area contributed by atoms with E-state index >= 15 is 0 Å². The molecule has 31 heavy (non-hydrogen) atoms. The molecule has 0 aliphatic heterocycles. The van der Waals surface area contributed by atoms with Crippen molar-refractivity contribution in [3.63, 3.8) is 0 Å². The van der Waals surface area contributed by atoms with Gasteiger partial charge in [-0.1, -0.05) is 60.4 Å². The fraction of sp³-hybridized carbons (Fsp3) is 0.192. The van der Waals surface area contributed by atoms with E-state index in [1.807, 2.05) is 24.3 Å². The quantitative estimate of drug-likeness (QED) is 0.359. The second kappa shape index (κ2) is 8.93. The van der Waals surface area contributed by atoms with Gasteiger partial charge in [0.2, 0.25) is 0 Å². The number of fused-ring (bicyclic) bond motifs is 3. The van der Waals surface area contributed by atoms with Gasteiger partial charge >= 0.3 is 6.09 Å². The molecular formula is C26H23FN2O2. The number of carbonyl (C=O) groups is 1. The maximum absolute atomic E-state index is 14.1. The molecule has 3 aromatic rings. The van der Waals surface area contributed by atoms with Crippen molar-refractivity contribution >= 4 is 11.8 Å². The Morgan fingerprint density at radius 3 is 2.39 bits per heavy atom. The standard InChI is InChI=1S/C26H23FN2O2/c1-17-24(28)14-13-18(25(17)27)8-6-7-15-29-26(30)31-16-23-21-11-4-2-9-19(21)20-10-3-5-12-22(20)23/h2-5,9-14,23H,7,15-16,28H2,1H3,(H,29,30). The molecule has 0 saturated carbocycles. The van der Waals surface area contributed by atoms with E-state index in [0.29, 0.717) is 29.8 Å². The number of alkyl carbamates (subject to hydrolysis) is 1. The lowest BCUT2D eigenvalue weighted by Crippen LogP contribution is -2.26. The molecule has 0 spiro atoms. The summed E-state index contributed by atoms with van der Waals surface area (Å²) in [6.07, 6.45) is -0.106. The lowest BCUT2D eigenvalue weighted by Gasteiger charge is -2.14. The summed E-state index contributed by atoms with van der Waals surface area (Å²) >= 11 is 0. The van der Waals surface area contributed by atoms with Gasteiger partial charge in [-0.25, -0.2) is 9.18 Å². The van der Waals surface area contributed by atoms with Gasteiger partial charge in [0.1, 0.15) is 12.4 Å². The van der Waals surface area contributed by atoms with E-state index in [0.717, 1.165) is 0 Å². The summed E-state index contributed by atoms with van der Waals surface area (Å²) in [5.74, 6) is 5.26. The first-order chi connectivity index (χ1) is 15.1. The fourth-order valence-electron chi connectivity index (χ4n) is 3.83. The number of rotatable bonds is 4. The molecule has 4 rings (SSSR count). The van der Waals surface area contributed by atoms with Gasteiger partial charge in [-0.2, -0.15) is 0 Å². The highest BCUT2D eigenvalue weighted by Gasteiger charge is 2.28. The van der Waals surface area contributed by atoms with E-state index in [1.165, 1.54) is 22.3 Å². The number of nitrogens with two attached hydrogens (primary N) is 1. The minimum atomic E-state index is -0.488. The number of carbonyl (C=O) groups excluding carboxylic acids is 1. The highest BCUT2D eigenvalue weighted by atomic mass is 19.1. The van der Waals surface area contributed by atoms with Gasteiger partial charge in [-0.3, -0.25) is 0 Å². The number of hydrogen-bond donors (Lipinski definition) is 2. The van der Waals surface area contributed by atoms with Crippen molar-refractivity contribution < 1.29 is 13.9 Å². The molecule has 3 aromatic carbocycles. The lowest BCUT2D eigenvalue weighted by molar-refractivity contribution is 0.143. The van der Waals surface area contributed by atoms with Gasteiger partial charge in [0.15, 0.2) is 0 Å². The Balaban J connectivity index is 1.30. The van der Waals surface area contributed by atoms with Crippen molar-refractivity contribution in [2.45, 2.75) is 19.3 Å². The molecule has 0 fully saturated rings. The molecule has 0 aromatic heterocycles. The normalized spacial score (nSPS) is 11.8. The molecule has 0 atom stereocenters. The third-order valence-electron chi connectivity index (χ3n) is 5.51. The van der Waals surface area contributed by atoms with E-state index < -0.39 is 11.9 Å². The molecule has 1 aliphatic rings. The zero-order valence-corrected chi connectivity index (χ0v) is 17.2. The zero-order chi connectivity index (χ0) is 21.8. The number of halogens is 1. The first kappa shape index (κ1) is 20.5. The van der Waals surface area contributed by atoms with Gasteiger partial charge in [0, 0.05) is 30.1 Å². The van der Waals surface area contributed by atoms with Crippen molar-refractivity contribution in [3.05, 3.63) is 88.7 Å². The molecule has 1 amide bonds. The molecule has 0 saturated heterocycles. The predicted molar refractivity (Wildman–Crippen MR) is 120 cm³/mol. The summed E-state index contributed by atoms with van der Waals surface area (Å²) in [6.45, 7) is 2.20. The van der Waals surface area contributed by atoms with Crippen LogP contribution >= 0.6 is 0 Å². The van der Waals surface area contributed by atoms with Crippen LogP contribution in [0.2, 0.25) is 0 Å². The van der Waals surface area contributed by atoms with Gasteiger partial charge in [-0.05, 0) is 41.3 Å². The second-order valence-electron chi connectivity index (χ2n) is 7.45. The van der Waals surface area contributed by atoms with Crippen molar-refractivity contribution in [2.24, 2.45) is 0 Å². The number of amides is 1. The number of nitrogens with one attached hydrogen (secondary N) is 1. The summed E-state index contributed by atoms with van der Waals surface area (Å²) in [6, 6.07) is 19.6. The van der Waals surface area contributed by atoms with Crippen molar-refractivity contribution in [3.8, 4) is 23.0 Å². The SMILES string of the molecule is Cc1c(N)ccc(C#CCCNC(=O)OCC2c3ccccc3-c3ccccc32)c1F. The number of hydrogen-bond acceptors (Lipinski definition) is 3. The van der Waals surface area contributed by atoms with Crippen LogP contribution in [-0.2, 0) is 4.74 Å². The minimum Gasteiger partial charge on any atom is -0.449 e. The summed E-state index contributed by atoms with van der Waals surface area (Å²) in [4.78, 5) is 12.1. The van der Waals surface area contributed by atoms with Gasteiger partial charge < -0.3 is 15.8 Å². The molecule has 156 valence electrons. The summed E-state index contributed by atoms with van der Waals surface area (Å²) in [7, 11) is 0. The van der Waals surface area contributed by atoms with Crippen molar-refractivity contribution in [2.75, 3.05) is 18.9 Å². The minimum absolute atomic E-state index is 0.0228. The Morgan fingerprint density at radius 1 is 1.06 bits per heavy atom. The van der Waals surface area contributed by atoms with E-state index in [1.54, 1.807) is 19.1 Å². The second-order valence-corrected chi connectivity index (χ2v) is 7.45. The summed E-state index contributed by atoms with van der Waals surface area (Å²) in [5, 5.41) is 2.70. The van der Waals surface area contributed by atoms with Crippen molar-refractivity contribution in [1.29, 1.82) is 0 Å². The fourth-order valence-corrected chi connectivity index (χ4v) is 3.83. The molecular weight excluding hydrogens is 391 g/mol. The highest BCUT2D eigenvalue weighted by Crippen LogP contribution is 2.44. The van der Waals surface area contributed by atoms with Crippen molar-refractivity contribution in [1.82, 2.24) is 5.32 Å². The zero-order valence-electron chi connectivity index (χ0n) is 17.2. The van der Waals surface area contributed by atoms with Crippen LogP contribution in [0.25, 0.3) is 11.1 Å². The van der Waals surface area contributed by atoms with Crippen LogP contribution in [0.3, 0.4) is 0 Å². The number of anilines is 1. The molecule has 0 radical (unpaired) electrons. The van der Waals surface area contributed by atoms with Gasteiger partial charge in [0.05, 0.1) is 5.56 Å². The van der Waals surface area contributed by atoms with E-state index in [4.69, 9.17) is 10.5 Å². The predicted octanol–water partition coefficient (Wildman–Crippen LogP) is 5.00. The van der Waals surface area contributed by atoms with Gasteiger partial charge in [-0.15, -0.1) is 0 Å². The van der Waals surface area contributed by atoms with Crippen LogP contribution in [0.1, 0.15) is 34.6 Å². The maximum Gasteiger partial charge on any atom is 0.407 e. The lowest BCUT2D eigenvalue weighted by atomic mass is 9.98. The molecule has 0 unspecified atom stereocenters. The largest absolute Gasteiger partial charge is 0.449 e. The van der Waals surface area contributed by atoms with Gasteiger partial charge in [0.25, 0.3) is 0 Å². The average Bonchev–Trinajstić information content (AvgIpc) is 3.11. The van der Waals surface area contributed by atoms with Crippen LogP contribution in [0.4, 0.5) is 14.9 Å². The first-order valence-electron chi connectivity index (χ1n) is 10.2. The molecule has 1 aliphatic carbocycles. The molecule has 4 nitrogen and oxygen atoms in total. The maximum atomic E-state index is 14.1. The topological polar surface area (TPSA) is 64.3 Å². The smallest absolute Gasteiger partial charge is 0.407 e.